The van der Waals surface area contributed by atoms with Crippen molar-refractivity contribution in [1.82, 2.24) is 9.47 Å². The van der Waals surface area contributed by atoms with Crippen LogP contribution < -0.4 is 5.76 Å². The van der Waals surface area contributed by atoms with Crippen molar-refractivity contribution in [3.63, 3.8) is 0 Å². The number of carboxylic acid groups (broad SMARTS) is 1. The van der Waals surface area contributed by atoms with Crippen LogP contribution in [0.3, 0.4) is 0 Å². The third-order valence-corrected chi connectivity index (χ3v) is 3.48. The van der Waals surface area contributed by atoms with Gasteiger partial charge >= 0.3 is 11.7 Å². The molecule has 0 bridgehead atoms. The molecule has 7 nitrogen and oxygen atoms in total. The van der Waals surface area contributed by atoms with Crippen LogP contribution in [0.1, 0.15) is 12.8 Å². The van der Waals surface area contributed by atoms with Crippen molar-refractivity contribution in [3.05, 3.63) is 34.8 Å². The zero-order valence-electron chi connectivity index (χ0n) is 11.2. The minimum absolute atomic E-state index is 0.0255. The molecule has 0 spiro atoms. The van der Waals surface area contributed by atoms with E-state index in [1.165, 1.54) is 9.47 Å². The van der Waals surface area contributed by atoms with Gasteiger partial charge in [0.25, 0.3) is 0 Å². The lowest BCUT2D eigenvalue weighted by Gasteiger charge is -2.20. The summed E-state index contributed by atoms with van der Waals surface area (Å²) < 4.78 is 6.29. The van der Waals surface area contributed by atoms with Crippen LogP contribution in [0.5, 0.6) is 0 Å². The number of carbonyl (C=O) groups is 2. The molecule has 7 heteroatoms. The Morgan fingerprint density at radius 2 is 2.05 bits per heavy atom. The average Bonchev–Trinajstić information content (AvgIpc) is 3.22. The van der Waals surface area contributed by atoms with Gasteiger partial charge in [0.05, 0.1) is 5.52 Å². The first-order valence-corrected chi connectivity index (χ1v) is 6.66. The summed E-state index contributed by atoms with van der Waals surface area (Å²) in [7, 11) is 0. The highest BCUT2D eigenvalue weighted by molar-refractivity contribution is 5.83. The molecule has 1 amide bonds. The van der Waals surface area contributed by atoms with Crippen molar-refractivity contribution in [2.24, 2.45) is 0 Å². The maximum atomic E-state index is 12.3. The molecule has 1 heterocycles. The van der Waals surface area contributed by atoms with Crippen LogP contribution in [-0.4, -0.2) is 39.0 Å². The smallest absolute Gasteiger partial charge is 0.420 e. The molecule has 1 aromatic heterocycles. The first-order valence-electron chi connectivity index (χ1n) is 6.66. The predicted molar refractivity (Wildman–Crippen MR) is 72.8 cm³/mol. The maximum absolute atomic E-state index is 12.3. The summed E-state index contributed by atoms with van der Waals surface area (Å²) in [6, 6.07) is 6.79. The van der Waals surface area contributed by atoms with Crippen LogP contribution in [0.2, 0.25) is 0 Å². The molecule has 1 aromatic carbocycles. The fourth-order valence-electron chi connectivity index (χ4n) is 2.34. The van der Waals surface area contributed by atoms with Crippen molar-refractivity contribution in [2.45, 2.75) is 25.4 Å². The van der Waals surface area contributed by atoms with E-state index in [1.54, 1.807) is 24.3 Å². The number of carbonyl (C=O) groups excluding carboxylic acids is 1. The summed E-state index contributed by atoms with van der Waals surface area (Å²) in [5, 5.41) is 8.88. The summed E-state index contributed by atoms with van der Waals surface area (Å²) in [6.45, 7) is -0.548. The van der Waals surface area contributed by atoms with Gasteiger partial charge in [0.1, 0.15) is 13.1 Å². The van der Waals surface area contributed by atoms with Crippen molar-refractivity contribution >= 4 is 23.0 Å². The fraction of sp³-hybridized carbons (Fsp3) is 0.357. The van der Waals surface area contributed by atoms with E-state index < -0.39 is 11.7 Å². The normalized spacial score (nSPS) is 14.3. The topological polar surface area (TPSA) is 92.8 Å². The van der Waals surface area contributed by atoms with Gasteiger partial charge in [0.15, 0.2) is 5.58 Å². The zero-order valence-corrected chi connectivity index (χ0v) is 11.2. The third-order valence-electron chi connectivity index (χ3n) is 3.48. The molecule has 0 unspecified atom stereocenters. The molecule has 0 atom stereocenters. The summed E-state index contributed by atoms with van der Waals surface area (Å²) in [5.74, 6) is -2.05. The van der Waals surface area contributed by atoms with E-state index >= 15 is 0 Å². The summed E-state index contributed by atoms with van der Waals surface area (Å²) >= 11 is 0. The van der Waals surface area contributed by atoms with Crippen LogP contribution >= 0.6 is 0 Å². The second kappa shape index (κ2) is 5.08. The van der Waals surface area contributed by atoms with Crippen molar-refractivity contribution in [2.75, 3.05) is 6.54 Å². The molecule has 1 fully saturated rings. The number of oxazole rings is 1. The Hall–Kier alpha value is -2.57. The maximum Gasteiger partial charge on any atom is 0.420 e. The fourth-order valence-corrected chi connectivity index (χ4v) is 2.34. The Bertz CT molecular complexity index is 756. The molecule has 1 aliphatic carbocycles. The molecule has 0 radical (unpaired) electrons. The molecule has 21 heavy (non-hydrogen) atoms. The molecule has 3 rings (SSSR count). The number of carboxylic acids is 1. The highest BCUT2D eigenvalue weighted by Crippen LogP contribution is 2.27. The number of nitrogens with zero attached hydrogens (tertiary/aromatic N) is 2. The average molecular weight is 290 g/mol. The van der Waals surface area contributed by atoms with Crippen molar-refractivity contribution in [3.8, 4) is 0 Å². The number of aromatic nitrogens is 1. The molecular weight excluding hydrogens is 276 g/mol. The summed E-state index contributed by atoms with van der Waals surface area (Å²) in [5.41, 5.74) is 0.938. The summed E-state index contributed by atoms with van der Waals surface area (Å²) in [4.78, 5) is 36.3. The molecular formula is C14H14N2O5. The zero-order chi connectivity index (χ0) is 15.0. The van der Waals surface area contributed by atoms with Gasteiger partial charge in [-0.3, -0.25) is 14.2 Å². The van der Waals surface area contributed by atoms with Crippen molar-refractivity contribution in [1.29, 1.82) is 0 Å². The van der Waals surface area contributed by atoms with Crippen LogP contribution in [0.4, 0.5) is 0 Å². The number of fused-ring (bicyclic) bond motifs is 1. The lowest BCUT2D eigenvalue weighted by atomic mass is 10.3. The molecule has 1 N–H and O–H groups in total. The molecule has 0 saturated heterocycles. The van der Waals surface area contributed by atoms with E-state index in [0.717, 1.165) is 12.8 Å². The van der Waals surface area contributed by atoms with Gasteiger partial charge in [-0.05, 0) is 25.0 Å². The number of aliphatic carboxylic acids is 1. The number of benzene rings is 1. The first kappa shape index (κ1) is 13.4. The number of hydrogen-bond donors (Lipinski definition) is 1. The number of rotatable bonds is 5. The SMILES string of the molecule is O=C(O)CN(C(=O)Cn1c(=O)oc2ccccc21)C1CC1. The second-order valence-corrected chi connectivity index (χ2v) is 5.07. The van der Waals surface area contributed by atoms with Crippen LogP contribution in [-0.2, 0) is 16.1 Å². The predicted octanol–water partition coefficient (Wildman–Crippen LogP) is 0.670. The van der Waals surface area contributed by atoms with Gasteiger partial charge in [-0.1, -0.05) is 12.1 Å². The van der Waals surface area contributed by atoms with Crippen LogP contribution in [0.25, 0.3) is 11.1 Å². The Morgan fingerprint density at radius 3 is 2.71 bits per heavy atom. The number of para-hydroxylation sites is 2. The Morgan fingerprint density at radius 1 is 1.33 bits per heavy atom. The Labute approximate surface area is 119 Å². The van der Waals surface area contributed by atoms with Crippen molar-refractivity contribution < 1.29 is 19.1 Å². The van der Waals surface area contributed by atoms with Crippen LogP contribution in [0, 0.1) is 0 Å². The largest absolute Gasteiger partial charge is 0.480 e. The Balaban J connectivity index is 1.87. The third kappa shape index (κ3) is 2.67. The monoisotopic (exact) mass is 290 g/mol. The molecule has 2 aromatic rings. The standard InChI is InChI=1S/C14H14N2O5/c17-12(15(8-13(18)19)9-5-6-9)7-16-10-3-1-2-4-11(10)21-14(16)20/h1-4,9H,5-8H2,(H,18,19). The van der Waals surface area contributed by atoms with Gasteiger partial charge < -0.3 is 14.4 Å². The molecule has 1 saturated carbocycles. The van der Waals surface area contributed by atoms with E-state index in [4.69, 9.17) is 9.52 Å². The van der Waals surface area contributed by atoms with Gasteiger partial charge in [0.2, 0.25) is 5.91 Å². The lowest BCUT2D eigenvalue weighted by molar-refractivity contribution is -0.145. The van der Waals surface area contributed by atoms with E-state index in [2.05, 4.69) is 0 Å². The Kier molecular flexibility index (Phi) is 3.25. The van der Waals surface area contributed by atoms with Gasteiger partial charge in [-0.2, -0.15) is 0 Å². The number of hydrogen-bond acceptors (Lipinski definition) is 4. The van der Waals surface area contributed by atoms with Gasteiger partial charge in [-0.25, -0.2) is 4.79 Å². The minimum Gasteiger partial charge on any atom is -0.480 e. The number of amides is 1. The first-order chi connectivity index (χ1) is 10.1. The van der Waals surface area contributed by atoms with E-state index in [9.17, 15) is 14.4 Å². The van der Waals surface area contributed by atoms with E-state index in [-0.39, 0.29) is 25.0 Å². The second-order valence-electron chi connectivity index (χ2n) is 5.07. The molecule has 0 aliphatic heterocycles. The van der Waals surface area contributed by atoms with Gasteiger partial charge in [-0.15, -0.1) is 0 Å². The quantitative estimate of drug-likeness (QED) is 0.873. The molecule has 1 aliphatic rings. The highest BCUT2D eigenvalue weighted by Gasteiger charge is 2.34. The van der Waals surface area contributed by atoms with Crippen LogP contribution in [0.15, 0.2) is 33.5 Å². The van der Waals surface area contributed by atoms with E-state index in [0.29, 0.717) is 11.1 Å². The summed E-state index contributed by atoms with van der Waals surface area (Å²) in [6.07, 6.45) is 1.61. The van der Waals surface area contributed by atoms with Gasteiger partial charge in [0, 0.05) is 6.04 Å². The highest BCUT2D eigenvalue weighted by atomic mass is 16.4. The molecule has 110 valence electrons. The van der Waals surface area contributed by atoms with E-state index in [1.807, 2.05) is 0 Å². The minimum atomic E-state index is -1.06. The lowest BCUT2D eigenvalue weighted by Crippen LogP contribution is -2.40.